The molecule has 4 unspecified atom stereocenters. The summed E-state index contributed by atoms with van der Waals surface area (Å²) in [7, 11) is -0.297. The predicted molar refractivity (Wildman–Crippen MR) is 235 cm³/mol. The summed E-state index contributed by atoms with van der Waals surface area (Å²) in [5.41, 5.74) is 0.151. The van der Waals surface area contributed by atoms with Gasteiger partial charge in [-0.2, -0.15) is 0 Å². The normalized spacial score (nSPS) is 38.2. The van der Waals surface area contributed by atoms with Crippen LogP contribution in [0.3, 0.4) is 0 Å². The lowest BCUT2D eigenvalue weighted by Crippen LogP contribution is -3.00. The van der Waals surface area contributed by atoms with Crippen molar-refractivity contribution in [2.24, 2.45) is 68.5 Å². The van der Waals surface area contributed by atoms with Crippen molar-refractivity contribution in [3.63, 3.8) is 0 Å². The molecule has 3 nitrogen and oxygen atoms in total. The number of halogens is 1. The van der Waals surface area contributed by atoms with Gasteiger partial charge in [0.2, 0.25) is 0 Å². The molecule has 1 N–H and O–H groups in total. The summed E-state index contributed by atoms with van der Waals surface area (Å²) >= 11 is 0. The van der Waals surface area contributed by atoms with Gasteiger partial charge in [0, 0.05) is 0 Å². The molecular formula is C52H72IO3P. The maximum absolute atomic E-state index is 13.8. The topological polar surface area (TPSA) is 46.5 Å². The van der Waals surface area contributed by atoms with Gasteiger partial charge in [0.1, 0.15) is 23.2 Å². The number of carbonyl (C=O) groups is 1. The molecule has 0 heterocycles. The van der Waals surface area contributed by atoms with Crippen molar-refractivity contribution in [1.29, 1.82) is 0 Å². The Morgan fingerprint density at radius 3 is 1.82 bits per heavy atom. The first-order valence-corrected chi connectivity index (χ1v) is 24.5. The Kier molecular flexibility index (Phi) is 12.1. The molecule has 11 atom stereocenters. The van der Waals surface area contributed by atoms with Gasteiger partial charge < -0.3 is 33.8 Å². The number of hydrogen-bond acceptors (Lipinski definition) is 3. The summed E-state index contributed by atoms with van der Waals surface area (Å²) < 4.78 is 5.67. The summed E-state index contributed by atoms with van der Waals surface area (Å²) in [6.07, 6.45) is 13.3. The summed E-state index contributed by atoms with van der Waals surface area (Å²) in [5.74, 6) is 3.67. The van der Waals surface area contributed by atoms with E-state index in [4.69, 9.17) is 4.74 Å². The Morgan fingerprint density at radius 1 is 0.737 bits per heavy atom. The number of carbonyl (C=O) groups excluding carboxylic acids is 1. The first kappa shape index (κ1) is 43.3. The highest BCUT2D eigenvalue weighted by molar-refractivity contribution is 7.95. The van der Waals surface area contributed by atoms with Gasteiger partial charge in [-0.1, -0.05) is 103 Å². The number of ether oxygens (including phenoxy) is 1. The van der Waals surface area contributed by atoms with Crippen LogP contribution in [0.4, 0.5) is 0 Å². The molecule has 0 aliphatic heterocycles. The van der Waals surface area contributed by atoms with E-state index in [2.05, 4.69) is 139 Å². The SMILES string of the molecule is COC(=O)[C@]12CC[C@@H](C(C)C)C1C1CCC3[C@@]4(C)C[C@H](CCC[P+](c5ccccc5)(c5ccccc5)c5ccccc5)[C@@H](O)C(C)(C)C4CC[C@@]3(C)[C@]1(C)CC2.[I-]. The molecule has 0 aromatic heterocycles. The van der Waals surface area contributed by atoms with Gasteiger partial charge >= 0.3 is 5.97 Å². The number of hydrogen-bond donors (Lipinski definition) is 1. The average molecular weight is 903 g/mol. The second-order valence-corrected chi connectivity index (χ2v) is 24.8. The van der Waals surface area contributed by atoms with E-state index in [-0.39, 0.29) is 69.0 Å². The monoisotopic (exact) mass is 902 g/mol. The Hall–Kier alpha value is -1.75. The van der Waals surface area contributed by atoms with Crippen LogP contribution in [0, 0.1) is 68.5 Å². The predicted octanol–water partition coefficient (Wildman–Crippen LogP) is 8.26. The van der Waals surface area contributed by atoms with Gasteiger partial charge in [0.25, 0.3) is 0 Å². The molecule has 0 bridgehead atoms. The van der Waals surface area contributed by atoms with E-state index in [0.29, 0.717) is 35.5 Å². The molecule has 310 valence electrons. The van der Waals surface area contributed by atoms with E-state index in [0.717, 1.165) is 44.7 Å². The molecule has 3 aromatic rings. The van der Waals surface area contributed by atoms with Gasteiger partial charge in [0.15, 0.2) is 0 Å². The number of fused-ring (bicyclic) bond motifs is 7. The standard InChI is InChI=1S/C52H72O3P.HI/c1-36(2)41-28-31-52(47(54)55-8)33-32-50(6)42(45(41)52)26-27-44-49(5)35-37(46(53)48(3,4)43(49)29-30-51(44,50)7)19-18-34-56(38-20-12-9-13-21-38,39-22-14-10-15-23-39)40-24-16-11-17-25-40;/h9-17,20-25,36-37,41-46,53H,18-19,26-35H2,1-8H3;1H/q+1;/p-1/t37-,41-,42?,43?,44?,45?,46+,49-,50+,51+,52-;/m0./s1. The second-order valence-electron chi connectivity index (χ2n) is 21.2. The van der Waals surface area contributed by atoms with E-state index < -0.39 is 7.26 Å². The third-order valence-electron chi connectivity index (χ3n) is 18.7. The molecule has 3 aromatic carbocycles. The van der Waals surface area contributed by atoms with Crippen molar-refractivity contribution < 1.29 is 38.6 Å². The van der Waals surface area contributed by atoms with Gasteiger partial charge in [-0.05, 0) is 170 Å². The number of methoxy groups -OCH3 is 1. The summed E-state index contributed by atoms with van der Waals surface area (Å²) in [6.45, 7) is 17.7. The van der Waals surface area contributed by atoms with Crippen LogP contribution in [0.15, 0.2) is 91.0 Å². The zero-order valence-corrected chi connectivity index (χ0v) is 39.4. The van der Waals surface area contributed by atoms with Crippen molar-refractivity contribution in [3.05, 3.63) is 91.0 Å². The Labute approximate surface area is 363 Å². The van der Waals surface area contributed by atoms with Gasteiger partial charge in [-0.25, -0.2) is 0 Å². The van der Waals surface area contributed by atoms with Gasteiger partial charge in [0.05, 0.1) is 24.8 Å². The average Bonchev–Trinajstić information content (AvgIpc) is 3.61. The van der Waals surface area contributed by atoms with Crippen LogP contribution in [0.1, 0.15) is 119 Å². The Morgan fingerprint density at radius 2 is 1.30 bits per heavy atom. The number of esters is 1. The molecule has 0 radical (unpaired) electrons. The molecule has 5 heteroatoms. The third-order valence-corrected chi connectivity index (χ3v) is 23.2. The first-order chi connectivity index (χ1) is 26.7. The number of aliphatic hydroxyl groups is 1. The highest BCUT2D eigenvalue weighted by Gasteiger charge is 2.72. The molecule has 5 saturated carbocycles. The highest BCUT2D eigenvalue weighted by Crippen LogP contribution is 2.78. The van der Waals surface area contributed by atoms with Crippen molar-refractivity contribution in [1.82, 2.24) is 0 Å². The van der Waals surface area contributed by atoms with E-state index in [1.54, 1.807) is 7.11 Å². The highest BCUT2D eigenvalue weighted by atomic mass is 127. The molecule has 0 amide bonds. The van der Waals surface area contributed by atoms with Crippen LogP contribution in [-0.4, -0.2) is 30.5 Å². The van der Waals surface area contributed by atoms with E-state index >= 15 is 0 Å². The van der Waals surface area contributed by atoms with E-state index in [1.165, 1.54) is 48.0 Å². The van der Waals surface area contributed by atoms with Gasteiger partial charge in [-0.3, -0.25) is 4.79 Å². The number of benzene rings is 3. The van der Waals surface area contributed by atoms with E-state index in [1.807, 2.05) is 0 Å². The lowest BCUT2D eigenvalue weighted by Gasteiger charge is -2.73. The zero-order valence-electron chi connectivity index (χ0n) is 36.4. The van der Waals surface area contributed by atoms with Crippen LogP contribution in [0.2, 0.25) is 0 Å². The van der Waals surface area contributed by atoms with Crippen LogP contribution >= 0.6 is 7.26 Å². The fourth-order valence-electron chi connectivity index (χ4n) is 16.0. The number of rotatable bonds is 9. The van der Waals surface area contributed by atoms with Crippen LogP contribution in [0.5, 0.6) is 0 Å². The molecule has 5 fully saturated rings. The molecule has 5 aliphatic rings. The minimum Gasteiger partial charge on any atom is -1.00 e. The summed E-state index contributed by atoms with van der Waals surface area (Å²) in [5, 5.41) is 16.8. The largest absolute Gasteiger partial charge is 1.00 e. The minimum absolute atomic E-state index is 0. The maximum Gasteiger partial charge on any atom is 0.312 e. The molecule has 8 rings (SSSR count). The molecule has 0 saturated heterocycles. The van der Waals surface area contributed by atoms with Crippen molar-refractivity contribution >= 4 is 29.1 Å². The summed E-state index contributed by atoms with van der Waals surface area (Å²) in [4.78, 5) is 13.8. The van der Waals surface area contributed by atoms with Crippen molar-refractivity contribution in [2.75, 3.05) is 13.3 Å². The number of aliphatic hydroxyl groups excluding tert-OH is 1. The zero-order chi connectivity index (χ0) is 39.7. The molecule has 5 aliphatic carbocycles. The maximum atomic E-state index is 13.8. The lowest BCUT2D eigenvalue weighted by atomic mass is 9.31. The fourth-order valence-corrected chi connectivity index (χ4v) is 20.4. The molecular weight excluding hydrogens is 830 g/mol. The Bertz CT molecular complexity index is 1750. The lowest BCUT2D eigenvalue weighted by molar-refractivity contribution is -0.258. The van der Waals surface area contributed by atoms with Crippen molar-refractivity contribution in [2.45, 2.75) is 125 Å². The van der Waals surface area contributed by atoms with Crippen LogP contribution in [-0.2, 0) is 9.53 Å². The smallest absolute Gasteiger partial charge is 0.312 e. The van der Waals surface area contributed by atoms with Crippen LogP contribution in [0.25, 0.3) is 0 Å². The Balaban J connectivity index is 0.00000496. The fraction of sp³-hybridized carbons (Fsp3) is 0.635. The minimum atomic E-state index is -1.93. The third kappa shape index (κ3) is 6.47. The van der Waals surface area contributed by atoms with Crippen LogP contribution < -0.4 is 39.9 Å². The first-order valence-electron chi connectivity index (χ1n) is 22.5. The molecule has 57 heavy (non-hydrogen) atoms. The molecule has 0 spiro atoms. The van der Waals surface area contributed by atoms with Crippen molar-refractivity contribution in [3.8, 4) is 0 Å². The summed E-state index contributed by atoms with van der Waals surface area (Å²) in [6, 6.07) is 34.0. The quantitative estimate of drug-likeness (QED) is 0.134. The van der Waals surface area contributed by atoms with Gasteiger partial charge in [-0.15, -0.1) is 0 Å². The second kappa shape index (κ2) is 15.9. The van der Waals surface area contributed by atoms with E-state index in [9.17, 15) is 9.90 Å².